The summed E-state index contributed by atoms with van der Waals surface area (Å²) < 4.78 is 66.9. The fourth-order valence-electron chi connectivity index (χ4n) is 2.20. The molecule has 0 aliphatic carbocycles. The molecule has 0 spiro atoms. The minimum Gasteiger partial charge on any atom is -0.404 e. The van der Waals surface area contributed by atoms with E-state index >= 15 is 0 Å². The number of benzene rings is 1. The number of hydrogen-bond donors (Lipinski definition) is 1. The van der Waals surface area contributed by atoms with Crippen LogP contribution in [0.15, 0.2) is 29.2 Å². The van der Waals surface area contributed by atoms with Crippen molar-refractivity contribution in [3.63, 3.8) is 0 Å². The second-order valence-corrected chi connectivity index (χ2v) is 6.67. The molecule has 5 nitrogen and oxygen atoms in total. The van der Waals surface area contributed by atoms with Crippen molar-refractivity contribution in [3.8, 4) is 5.75 Å². The number of nitrogens with two attached hydrogens (primary N) is 1. The monoisotopic (exact) mass is 324 g/mol. The van der Waals surface area contributed by atoms with E-state index in [1.807, 2.05) is 0 Å². The quantitative estimate of drug-likeness (QED) is 0.918. The number of rotatable bonds is 3. The van der Waals surface area contributed by atoms with Crippen LogP contribution in [-0.2, 0) is 10.0 Å². The number of halogens is 3. The van der Waals surface area contributed by atoms with E-state index in [9.17, 15) is 21.6 Å². The number of ether oxygens (including phenoxy) is 1. The van der Waals surface area contributed by atoms with E-state index in [1.165, 1.54) is 12.1 Å². The number of alkyl halides is 3. The van der Waals surface area contributed by atoms with Crippen LogP contribution in [0.25, 0.3) is 0 Å². The van der Waals surface area contributed by atoms with Gasteiger partial charge in [-0.05, 0) is 25.0 Å². The Balaban J connectivity index is 2.36. The van der Waals surface area contributed by atoms with E-state index in [2.05, 4.69) is 4.74 Å². The molecule has 0 bridgehead atoms. The fraction of sp³-hybridized carbons (Fsp3) is 0.500. The van der Waals surface area contributed by atoms with Crippen LogP contribution in [-0.4, -0.2) is 38.2 Å². The van der Waals surface area contributed by atoms with Gasteiger partial charge < -0.3 is 10.5 Å². The highest BCUT2D eigenvalue weighted by Gasteiger charge is 2.36. The third kappa shape index (κ3) is 3.86. The van der Waals surface area contributed by atoms with Gasteiger partial charge in [0.05, 0.1) is 0 Å². The van der Waals surface area contributed by atoms with Gasteiger partial charge in [0, 0.05) is 19.1 Å². The molecule has 1 aliphatic rings. The molecule has 2 N–H and O–H groups in total. The Morgan fingerprint density at radius 3 is 2.57 bits per heavy atom. The lowest BCUT2D eigenvalue weighted by Crippen LogP contribution is -2.45. The van der Waals surface area contributed by atoms with Gasteiger partial charge in [-0.3, -0.25) is 0 Å². The van der Waals surface area contributed by atoms with Crippen LogP contribution in [0.2, 0.25) is 0 Å². The third-order valence-corrected chi connectivity index (χ3v) is 5.02. The Bertz CT molecular complexity index is 604. The molecule has 0 amide bonds. The van der Waals surface area contributed by atoms with Crippen molar-refractivity contribution < 1.29 is 26.3 Å². The van der Waals surface area contributed by atoms with Crippen molar-refractivity contribution in [2.45, 2.75) is 30.1 Å². The van der Waals surface area contributed by atoms with E-state index in [0.29, 0.717) is 12.8 Å². The maximum absolute atomic E-state index is 12.5. The van der Waals surface area contributed by atoms with Crippen molar-refractivity contribution in [2.24, 2.45) is 5.73 Å². The second kappa shape index (κ2) is 5.82. The fourth-order valence-corrected chi connectivity index (χ4v) is 3.85. The van der Waals surface area contributed by atoms with E-state index in [1.54, 1.807) is 0 Å². The Labute approximate surface area is 120 Å². The summed E-state index contributed by atoms with van der Waals surface area (Å²) in [5.41, 5.74) is 5.72. The van der Waals surface area contributed by atoms with Gasteiger partial charge in [-0.2, -0.15) is 4.31 Å². The zero-order valence-corrected chi connectivity index (χ0v) is 11.8. The zero-order chi connectivity index (χ0) is 15.7. The van der Waals surface area contributed by atoms with Crippen molar-refractivity contribution in [3.05, 3.63) is 24.3 Å². The first kappa shape index (κ1) is 16.1. The number of piperidine rings is 1. The van der Waals surface area contributed by atoms with Crippen LogP contribution in [0.4, 0.5) is 13.2 Å². The third-order valence-electron chi connectivity index (χ3n) is 3.11. The molecule has 1 aromatic rings. The van der Waals surface area contributed by atoms with Gasteiger partial charge in [0.1, 0.15) is 10.6 Å². The molecule has 1 saturated heterocycles. The minimum absolute atomic E-state index is 0.0860. The van der Waals surface area contributed by atoms with Gasteiger partial charge >= 0.3 is 6.36 Å². The van der Waals surface area contributed by atoms with Crippen molar-refractivity contribution >= 4 is 10.0 Å². The Hall–Kier alpha value is -1.32. The van der Waals surface area contributed by atoms with Gasteiger partial charge in [-0.1, -0.05) is 12.1 Å². The molecule has 1 fully saturated rings. The number of sulfonamides is 1. The van der Waals surface area contributed by atoms with Crippen molar-refractivity contribution in [2.75, 3.05) is 13.1 Å². The van der Waals surface area contributed by atoms with Gasteiger partial charge in [0.15, 0.2) is 0 Å². The molecule has 2 rings (SSSR count). The largest absolute Gasteiger partial charge is 0.573 e. The van der Waals surface area contributed by atoms with Gasteiger partial charge in [0.2, 0.25) is 10.0 Å². The Morgan fingerprint density at radius 2 is 1.95 bits per heavy atom. The van der Waals surface area contributed by atoms with Crippen LogP contribution < -0.4 is 10.5 Å². The number of hydrogen-bond acceptors (Lipinski definition) is 4. The smallest absolute Gasteiger partial charge is 0.404 e. The van der Waals surface area contributed by atoms with Crippen LogP contribution in [0, 0.1) is 0 Å². The first-order valence-corrected chi connectivity index (χ1v) is 7.74. The molecule has 0 saturated carbocycles. The summed E-state index contributed by atoms with van der Waals surface area (Å²) in [4.78, 5) is -0.503. The van der Waals surface area contributed by atoms with Crippen molar-refractivity contribution in [1.82, 2.24) is 4.31 Å². The van der Waals surface area contributed by atoms with Crippen LogP contribution in [0.3, 0.4) is 0 Å². The van der Waals surface area contributed by atoms with Gasteiger partial charge in [-0.25, -0.2) is 8.42 Å². The number of nitrogens with zero attached hydrogens (tertiary/aromatic N) is 1. The van der Waals surface area contributed by atoms with Gasteiger partial charge in [0.25, 0.3) is 0 Å². The topological polar surface area (TPSA) is 72.6 Å². The van der Waals surface area contributed by atoms with Crippen LogP contribution in [0.5, 0.6) is 5.75 Å². The highest BCUT2D eigenvalue weighted by atomic mass is 32.2. The van der Waals surface area contributed by atoms with Gasteiger partial charge in [-0.15, -0.1) is 13.2 Å². The molecule has 1 atom stereocenters. The normalized spacial score (nSPS) is 21.2. The standard InChI is InChI=1S/C12H15F3N2O3S/c13-12(14,15)20-10-5-1-2-6-11(10)21(18,19)17-7-3-4-9(16)8-17/h1-2,5-6,9H,3-4,7-8,16H2/t9-/m0/s1. The molecule has 1 aliphatic heterocycles. The summed E-state index contributed by atoms with van der Waals surface area (Å²) in [6.07, 6.45) is -3.70. The molecule has 0 unspecified atom stereocenters. The lowest BCUT2D eigenvalue weighted by molar-refractivity contribution is -0.275. The first-order valence-electron chi connectivity index (χ1n) is 6.30. The molecular weight excluding hydrogens is 309 g/mol. The Kier molecular flexibility index (Phi) is 4.45. The molecule has 9 heteroatoms. The molecule has 21 heavy (non-hydrogen) atoms. The van der Waals surface area contributed by atoms with Crippen LogP contribution >= 0.6 is 0 Å². The highest BCUT2D eigenvalue weighted by Crippen LogP contribution is 2.32. The molecule has 0 radical (unpaired) electrons. The van der Waals surface area contributed by atoms with Crippen LogP contribution in [0.1, 0.15) is 12.8 Å². The minimum atomic E-state index is -4.95. The molecule has 0 aromatic heterocycles. The molecule has 1 aromatic carbocycles. The summed E-state index contributed by atoms with van der Waals surface area (Å²) in [7, 11) is -4.07. The zero-order valence-electron chi connectivity index (χ0n) is 11.0. The van der Waals surface area contributed by atoms with E-state index in [-0.39, 0.29) is 19.1 Å². The van der Waals surface area contributed by atoms with E-state index < -0.39 is 27.0 Å². The molecular formula is C12H15F3N2O3S. The lowest BCUT2D eigenvalue weighted by Gasteiger charge is -2.30. The average molecular weight is 324 g/mol. The summed E-state index contributed by atoms with van der Waals surface area (Å²) >= 11 is 0. The second-order valence-electron chi connectivity index (χ2n) is 4.76. The van der Waals surface area contributed by atoms with Crippen molar-refractivity contribution in [1.29, 1.82) is 0 Å². The predicted molar refractivity (Wildman–Crippen MR) is 69.1 cm³/mol. The number of para-hydroxylation sites is 1. The first-order chi connectivity index (χ1) is 9.70. The van der Waals surface area contributed by atoms with E-state index in [0.717, 1.165) is 16.4 Å². The predicted octanol–water partition coefficient (Wildman–Crippen LogP) is 1.70. The maximum Gasteiger partial charge on any atom is 0.573 e. The summed E-state index contributed by atoms with van der Waals surface area (Å²) in [5, 5.41) is 0. The summed E-state index contributed by atoms with van der Waals surface area (Å²) in [6, 6.07) is 4.38. The highest BCUT2D eigenvalue weighted by molar-refractivity contribution is 7.89. The summed E-state index contributed by atoms with van der Waals surface area (Å²) in [6.45, 7) is 0.319. The molecule has 1 heterocycles. The SMILES string of the molecule is N[C@H]1CCCN(S(=O)(=O)c2ccccc2OC(F)(F)F)C1. The average Bonchev–Trinajstić information content (AvgIpc) is 2.37. The van der Waals surface area contributed by atoms with E-state index in [4.69, 9.17) is 5.73 Å². The Morgan fingerprint density at radius 1 is 1.29 bits per heavy atom. The summed E-state index contributed by atoms with van der Waals surface area (Å²) in [5.74, 6) is -0.732. The lowest BCUT2D eigenvalue weighted by atomic mass is 10.1. The molecule has 118 valence electrons. The maximum atomic E-state index is 12.5.